The van der Waals surface area contributed by atoms with Gasteiger partial charge in [0.25, 0.3) is 0 Å². The summed E-state index contributed by atoms with van der Waals surface area (Å²) in [7, 11) is 0.655. The highest BCUT2D eigenvalue weighted by molar-refractivity contribution is 6.17. The molecule has 0 bridgehead atoms. The van der Waals surface area contributed by atoms with Crippen molar-refractivity contribution in [2.75, 3.05) is 0 Å². The van der Waals surface area contributed by atoms with Crippen LogP contribution in [0, 0.1) is 0 Å². The molecule has 5 aromatic rings. The van der Waals surface area contributed by atoms with E-state index in [1.165, 1.54) is 0 Å². The van der Waals surface area contributed by atoms with Crippen molar-refractivity contribution in [2.45, 2.75) is 0 Å². The van der Waals surface area contributed by atoms with Gasteiger partial charge in [-0.15, -0.1) is 0 Å². The van der Waals surface area contributed by atoms with Crippen LogP contribution in [0.5, 0.6) is 5.75 Å². The number of nitrogens with zero attached hydrogens (tertiary/aromatic N) is 3. The van der Waals surface area contributed by atoms with E-state index in [4.69, 9.17) is 24.6 Å². The van der Waals surface area contributed by atoms with E-state index >= 15 is 0 Å². The molecule has 157 valence electrons. The van der Waals surface area contributed by atoms with Gasteiger partial charge in [-0.2, -0.15) is 0 Å². The van der Waals surface area contributed by atoms with Crippen LogP contribution in [-0.4, -0.2) is 27.7 Å². The highest BCUT2D eigenvalue weighted by Crippen LogP contribution is 2.27. The molecule has 0 aliphatic rings. The van der Waals surface area contributed by atoms with Crippen molar-refractivity contribution in [3.05, 3.63) is 109 Å². The molecule has 0 spiro atoms. The summed E-state index contributed by atoms with van der Waals surface area (Å²) in [6.45, 7) is 0. The van der Waals surface area contributed by atoms with Gasteiger partial charge in [0, 0.05) is 16.7 Å². The fourth-order valence-electron chi connectivity index (χ4n) is 3.54. The van der Waals surface area contributed by atoms with E-state index in [0.29, 0.717) is 30.9 Å². The highest BCUT2D eigenvalue weighted by atomic mass is 16.5. The maximum atomic E-state index is 8.84. The number of aromatic nitrogens is 3. The molecule has 4 aromatic carbocycles. The van der Waals surface area contributed by atoms with E-state index in [2.05, 4.69) is 24.3 Å². The normalized spacial score (nSPS) is 10.6. The second-order valence-electron chi connectivity index (χ2n) is 7.36. The van der Waals surface area contributed by atoms with Gasteiger partial charge >= 0.3 is 7.69 Å². The van der Waals surface area contributed by atoms with E-state index in [9.17, 15) is 0 Å². The lowest BCUT2D eigenvalue weighted by Gasteiger charge is -2.09. The second-order valence-corrected chi connectivity index (χ2v) is 7.36. The summed E-state index contributed by atoms with van der Waals surface area (Å²) in [6.07, 6.45) is 0. The van der Waals surface area contributed by atoms with Crippen LogP contribution in [-0.2, 0) is 0 Å². The van der Waals surface area contributed by atoms with Crippen molar-refractivity contribution in [1.29, 1.82) is 0 Å². The molecule has 0 aliphatic heterocycles. The van der Waals surface area contributed by atoms with E-state index in [0.717, 1.165) is 27.8 Å². The number of hydrogen-bond acceptors (Lipinski definition) is 5. The Kier molecular flexibility index (Phi) is 5.91. The zero-order valence-electron chi connectivity index (χ0n) is 17.7. The monoisotopic (exact) mass is 428 g/mol. The van der Waals surface area contributed by atoms with E-state index in [1.54, 1.807) is 12.1 Å². The van der Waals surface area contributed by atoms with Crippen LogP contribution in [0.15, 0.2) is 109 Å². The number of rotatable bonds is 6. The molecule has 0 amide bonds. The van der Waals surface area contributed by atoms with Crippen LogP contribution in [0.2, 0.25) is 0 Å². The summed E-state index contributed by atoms with van der Waals surface area (Å²) < 4.78 is 5.01. The summed E-state index contributed by atoms with van der Waals surface area (Å²) >= 11 is 0. The molecule has 1 N–H and O–H groups in total. The zero-order valence-corrected chi connectivity index (χ0v) is 17.7. The lowest BCUT2D eigenvalue weighted by Crippen LogP contribution is -2.01. The van der Waals surface area contributed by atoms with Crippen molar-refractivity contribution >= 4 is 7.69 Å². The van der Waals surface area contributed by atoms with Crippen molar-refractivity contribution < 1.29 is 9.68 Å². The average Bonchev–Trinajstić information content (AvgIpc) is 2.90. The Bertz CT molecular complexity index is 1340. The van der Waals surface area contributed by atoms with Crippen LogP contribution in [0.25, 0.3) is 45.3 Å². The summed E-state index contributed by atoms with van der Waals surface area (Å²) in [4.78, 5) is 14.2. The molecule has 1 heterocycles. The van der Waals surface area contributed by atoms with Gasteiger partial charge in [-0.3, -0.25) is 0 Å². The Morgan fingerprint density at radius 1 is 0.455 bits per heavy atom. The van der Waals surface area contributed by atoms with Gasteiger partial charge in [0.15, 0.2) is 17.5 Å². The molecule has 1 radical (unpaired) electrons. The summed E-state index contributed by atoms with van der Waals surface area (Å²) in [6, 6.07) is 35.5. The first-order valence-electron chi connectivity index (χ1n) is 10.5. The smallest absolute Gasteiger partial charge is 0.537 e. The maximum absolute atomic E-state index is 8.84. The number of hydrogen-bond donors (Lipinski definition) is 1. The van der Waals surface area contributed by atoms with Crippen LogP contribution in [0.3, 0.4) is 0 Å². The lowest BCUT2D eigenvalue weighted by molar-refractivity contribution is 0.454. The van der Waals surface area contributed by atoms with Gasteiger partial charge in [-0.1, -0.05) is 84.9 Å². The molecular weight excluding hydrogens is 409 g/mol. The van der Waals surface area contributed by atoms with Crippen LogP contribution >= 0.6 is 0 Å². The van der Waals surface area contributed by atoms with Crippen molar-refractivity contribution in [3.8, 4) is 51.0 Å². The standard InChI is InChI=1S/C27H19BN3O2/c32-28-33-24-17-15-23(16-18-24)27-30-25(21-9-5-2-6-10-21)29-26(31-27)22-13-11-20(12-14-22)19-7-3-1-4-8-19/h1-18,32H. The van der Waals surface area contributed by atoms with Gasteiger partial charge < -0.3 is 9.68 Å². The third-order valence-electron chi connectivity index (χ3n) is 5.22. The topological polar surface area (TPSA) is 68.1 Å². The molecule has 0 atom stereocenters. The molecule has 1 aromatic heterocycles. The van der Waals surface area contributed by atoms with Crippen LogP contribution in [0.1, 0.15) is 0 Å². The predicted octanol–water partition coefficient (Wildman–Crippen LogP) is 5.44. The van der Waals surface area contributed by atoms with E-state index in [-0.39, 0.29) is 0 Å². The minimum absolute atomic E-state index is 0.523. The third-order valence-corrected chi connectivity index (χ3v) is 5.22. The van der Waals surface area contributed by atoms with Gasteiger partial charge in [-0.05, 0) is 35.4 Å². The molecule has 5 nitrogen and oxygen atoms in total. The Balaban J connectivity index is 1.57. The lowest BCUT2D eigenvalue weighted by atomic mass is 10.0. The molecule has 0 fully saturated rings. The fraction of sp³-hybridized carbons (Fsp3) is 0. The predicted molar refractivity (Wildman–Crippen MR) is 130 cm³/mol. The first kappa shape index (κ1) is 20.6. The first-order valence-corrected chi connectivity index (χ1v) is 10.5. The van der Waals surface area contributed by atoms with Gasteiger partial charge in [0.05, 0.1) is 0 Å². The molecule has 6 heteroatoms. The Labute approximate surface area is 192 Å². The minimum Gasteiger partial charge on any atom is -0.537 e. The average molecular weight is 428 g/mol. The molecular formula is C27H19BN3O2. The summed E-state index contributed by atoms with van der Waals surface area (Å²) in [5, 5.41) is 8.84. The molecule has 0 saturated carbocycles. The Morgan fingerprint density at radius 3 is 1.30 bits per heavy atom. The van der Waals surface area contributed by atoms with Gasteiger partial charge in [0.2, 0.25) is 0 Å². The van der Waals surface area contributed by atoms with Crippen molar-refractivity contribution in [1.82, 2.24) is 15.0 Å². The zero-order chi connectivity index (χ0) is 22.5. The quantitative estimate of drug-likeness (QED) is 0.365. The van der Waals surface area contributed by atoms with Crippen LogP contribution in [0.4, 0.5) is 0 Å². The van der Waals surface area contributed by atoms with Crippen LogP contribution < -0.4 is 4.65 Å². The highest BCUT2D eigenvalue weighted by Gasteiger charge is 2.12. The Morgan fingerprint density at radius 2 is 0.818 bits per heavy atom. The van der Waals surface area contributed by atoms with Crippen molar-refractivity contribution in [2.24, 2.45) is 0 Å². The Hall–Kier alpha value is -4.29. The first-order chi connectivity index (χ1) is 16.3. The third kappa shape index (κ3) is 4.66. The molecule has 33 heavy (non-hydrogen) atoms. The number of benzene rings is 4. The molecule has 0 saturated heterocycles. The van der Waals surface area contributed by atoms with E-state index in [1.807, 2.05) is 72.8 Å². The largest absolute Gasteiger partial charge is 0.569 e. The summed E-state index contributed by atoms with van der Waals surface area (Å²) in [5.74, 6) is 2.29. The molecule has 0 aliphatic carbocycles. The second kappa shape index (κ2) is 9.46. The molecule has 5 rings (SSSR count). The SMILES string of the molecule is O[B]Oc1ccc(-c2nc(-c3ccccc3)nc(-c3ccc(-c4ccccc4)cc3)n2)cc1. The minimum atomic E-state index is 0.523. The fourth-order valence-corrected chi connectivity index (χ4v) is 3.54. The maximum Gasteiger partial charge on any atom is 0.569 e. The van der Waals surface area contributed by atoms with Crippen molar-refractivity contribution in [3.63, 3.8) is 0 Å². The molecule has 0 unspecified atom stereocenters. The van der Waals surface area contributed by atoms with Gasteiger partial charge in [0.1, 0.15) is 5.75 Å². The summed E-state index contributed by atoms with van der Waals surface area (Å²) in [5.41, 5.74) is 4.94. The van der Waals surface area contributed by atoms with Gasteiger partial charge in [-0.25, -0.2) is 15.0 Å². The van der Waals surface area contributed by atoms with E-state index < -0.39 is 0 Å².